The molecule has 1 amide bonds. The van der Waals surface area contributed by atoms with E-state index in [0.29, 0.717) is 24.2 Å². The third-order valence-electron chi connectivity index (χ3n) is 5.43. The van der Waals surface area contributed by atoms with Crippen molar-refractivity contribution in [2.24, 2.45) is 11.8 Å². The van der Waals surface area contributed by atoms with Gasteiger partial charge in [-0.1, -0.05) is 30.7 Å². The number of ether oxygens (including phenoxy) is 2. The van der Waals surface area contributed by atoms with Gasteiger partial charge in [-0.05, 0) is 41.9 Å². The minimum atomic E-state index is -0.369. The van der Waals surface area contributed by atoms with Crippen molar-refractivity contribution in [1.82, 2.24) is 4.90 Å². The van der Waals surface area contributed by atoms with Crippen LogP contribution in [0.25, 0.3) is 0 Å². The fourth-order valence-corrected chi connectivity index (χ4v) is 3.47. The molecule has 5 nitrogen and oxygen atoms in total. The Morgan fingerprint density at radius 2 is 1.92 bits per heavy atom. The van der Waals surface area contributed by atoms with Crippen molar-refractivity contribution in [1.29, 1.82) is 0 Å². The molecule has 4 rings (SSSR count). The molecule has 2 aliphatic heterocycles. The number of aliphatic hydroxyl groups is 1. The Labute approximate surface area is 148 Å². The highest BCUT2D eigenvalue weighted by atomic mass is 16.7. The van der Waals surface area contributed by atoms with Crippen molar-refractivity contribution in [2.75, 3.05) is 13.1 Å². The van der Waals surface area contributed by atoms with Crippen LogP contribution in [-0.2, 0) is 27.5 Å². The fourth-order valence-electron chi connectivity index (χ4n) is 3.47. The molecule has 3 aliphatic rings. The van der Waals surface area contributed by atoms with Gasteiger partial charge in [0, 0.05) is 19.5 Å². The summed E-state index contributed by atoms with van der Waals surface area (Å²) in [4.78, 5) is 14.2. The van der Waals surface area contributed by atoms with Gasteiger partial charge in [0.25, 0.3) is 5.91 Å². The zero-order valence-electron chi connectivity index (χ0n) is 14.4. The molecule has 1 N–H and O–H groups in total. The summed E-state index contributed by atoms with van der Waals surface area (Å²) in [5, 5.41) is 9.11. The molecule has 2 atom stereocenters. The predicted octanol–water partition coefficient (Wildman–Crippen LogP) is 2.58. The van der Waals surface area contributed by atoms with Gasteiger partial charge in [0.05, 0.1) is 13.2 Å². The molecule has 1 saturated heterocycles. The van der Waals surface area contributed by atoms with Crippen molar-refractivity contribution in [3.05, 3.63) is 47.2 Å². The van der Waals surface area contributed by atoms with E-state index in [1.54, 1.807) is 4.90 Å². The van der Waals surface area contributed by atoms with Gasteiger partial charge in [0.2, 0.25) is 6.29 Å². The lowest BCUT2D eigenvalue weighted by molar-refractivity contribution is -0.158. The smallest absolute Gasteiger partial charge is 0.288 e. The van der Waals surface area contributed by atoms with Gasteiger partial charge in [0.1, 0.15) is 0 Å². The largest absolute Gasteiger partial charge is 0.459 e. The Balaban J connectivity index is 1.40. The summed E-state index contributed by atoms with van der Waals surface area (Å²) in [6.07, 6.45) is 6.25. The number of carbonyl (C=O) groups is 1. The van der Waals surface area contributed by atoms with E-state index in [1.807, 2.05) is 30.3 Å². The predicted molar refractivity (Wildman–Crippen MR) is 92.1 cm³/mol. The molecule has 0 spiro atoms. The number of carbonyl (C=O) groups excluding carboxylic acids is 1. The molecule has 25 heavy (non-hydrogen) atoms. The topological polar surface area (TPSA) is 58.8 Å². The van der Waals surface area contributed by atoms with E-state index < -0.39 is 0 Å². The molecule has 0 aromatic heterocycles. The van der Waals surface area contributed by atoms with Gasteiger partial charge >= 0.3 is 0 Å². The average Bonchev–Trinajstić information content (AvgIpc) is 3.43. The van der Waals surface area contributed by atoms with Gasteiger partial charge in [-0.15, -0.1) is 0 Å². The van der Waals surface area contributed by atoms with Crippen molar-refractivity contribution >= 4 is 5.91 Å². The molecule has 1 aliphatic carbocycles. The second-order valence-corrected chi connectivity index (χ2v) is 7.25. The maximum absolute atomic E-state index is 12.4. The van der Waals surface area contributed by atoms with Crippen LogP contribution in [0.5, 0.6) is 0 Å². The normalized spacial score (nSPS) is 25.8. The number of aliphatic hydroxyl groups excluding tert-OH is 1. The lowest BCUT2D eigenvalue weighted by Crippen LogP contribution is -2.34. The molecule has 5 heteroatoms. The zero-order chi connectivity index (χ0) is 17.2. The standard InChI is InChI=1S/C20H25NO4/c22-12-14-4-6-15(7-5-14)13-24-19-11-17(16-2-1-3-16)10-18(25-19)20(23)21-8-9-21/h4-7,10,16-17,19,22H,1-3,8-9,11-13H2/t17-,19+/m0/s1. The first-order chi connectivity index (χ1) is 12.2. The SMILES string of the molecule is O=C(C1=C[C@H](C2CCC2)C[C@H](OCc2ccc(CO)cc2)O1)N1CC1. The van der Waals surface area contributed by atoms with E-state index in [-0.39, 0.29) is 18.8 Å². The molecular formula is C20H25NO4. The van der Waals surface area contributed by atoms with E-state index in [0.717, 1.165) is 30.6 Å². The number of rotatable bonds is 6. The third-order valence-corrected chi connectivity index (χ3v) is 5.43. The minimum absolute atomic E-state index is 0.00456. The molecule has 0 radical (unpaired) electrons. The number of nitrogens with zero attached hydrogens (tertiary/aromatic N) is 1. The number of hydrogen-bond acceptors (Lipinski definition) is 4. The van der Waals surface area contributed by atoms with Crippen LogP contribution in [0.3, 0.4) is 0 Å². The van der Waals surface area contributed by atoms with Crippen LogP contribution >= 0.6 is 0 Å². The molecule has 2 heterocycles. The molecule has 1 aromatic carbocycles. The van der Waals surface area contributed by atoms with Crippen LogP contribution in [0.2, 0.25) is 0 Å². The quantitative estimate of drug-likeness (QED) is 0.807. The van der Waals surface area contributed by atoms with E-state index in [2.05, 4.69) is 0 Å². The van der Waals surface area contributed by atoms with Crippen LogP contribution in [0.15, 0.2) is 36.1 Å². The molecular weight excluding hydrogens is 318 g/mol. The Morgan fingerprint density at radius 1 is 1.20 bits per heavy atom. The summed E-state index contributed by atoms with van der Waals surface area (Å²) < 4.78 is 11.8. The number of hydrogen-bond donors (Lipinski definition) is 1. The fraction of sp³-hybridized carbons (Fsp3) is 0.550. The molecule has 134 valence electrons. The van der Waals surface area contributed by atoms with Gasteiger partial charge < -0.3 is 19.5 Å². The average molecular weight is 343 g/mol. The first-order valence-electron chi connectivity index (χ1n) is 9.21. The van der Waals surface area contributed by atoms with Crippen LogP contribution in [-0.4, -0.2) is 35.3 Å². The van der Waals surface area contributed by atoms with Gasteiger partial charge in [-0.3, -0.25) is 4.79 Å². The first kappa shape index (κ1) is 16.6. The zero-order valence-corrected chi connectivity index (χ0v) is 14.4. The Morgan fingerprint density at radius 3 is 2.52 bits per heavy atom. The summed E-state index contributed by atoms with van der Waals surface area (Å²) >= 11 is 0. The highest BCUT2D eigenvalue weighted by Gasteiger charge is 2.37. The molecule has 0 bridgehead atoms. The van der Waals surface area contributed by atoms with Crippen molar-refractivity contribution in [3.8, 4) is 0 Å². The van der Waals surface area contributed by atoms with Crippen molar-refractivity contribution in [2.45, 2.75) is 45.2 Å². The Kier molecular flexibility index (Phi) is 4.77. The lowest BCUT2D eigenvalue weighted by Gasteiger charge is -2.37. The molecule has 1 aromatic rings. The third kappa shape index (κ3) is 3.88. The highest BCUT2D eigenvalue weighted by molar-refractivity contribution is 5.93. The summed E-state index contributed by atoms with van der Waals surface area (Å²) in [7, 11) is 0. The number of amides is 1. The molecule has 2 fully saturated rings. The summed E-state index contributed by atoms with van der Waals surface area (Å²) in [5.41, 5.74) is 1.92. The summed E-state index contributed by atoms with van der Waals surface area (Å²) in [5.74, 6) is 1.52. The van der Waals surface area contributed by atoms with Gasteiger partial charge in [0.15, 0.2) is 5.76 Å². The van der Waals surface area contributed by atoms with Crippen molar-refractivity contribution in [3.63, 3.8) is 0 Å². The van der Waals surface area contributed by atoms with E-state index >= 15 is 0 Å². The van der Waals surface area contributed by atoms with Crippen LogP contribution in [0.1, 0.15) is 36.8 Å². The maximum atomic E-state index is 12.4. The highest BCUT2D eigenvalue weighted by Crippen LogP contribution is 2.40. The van der Waals surface area contributed by atoms with Gasteiger partial charge in [-0.25, -0.2) is 0 Å². The second-order valence-electron chi connectivity index (χ2n) is 7.25. The molecule has 1 saturated carbocycles. The van der Waals surface area contributed by atoms with E-state index in [9.17, 15) is 4.79 Å². The molecule has 0 unspecified atom stereocenters. The maximum Gasteiger partial charge on any atom is 0.288 e. The summed E-state index contributed by atoms with van der Waals surface area (Å²) in [6.45, 7) is 2.15. The first-order valence-corrected chi connectivity index (χ1v) is 9.21. The van der Waals surface area contributed by atoms with Gasteiger partial charge in [-0.2, -0.15) is 0 Å². The number of benzene rings is 1. The Bertz CT molecular complexity index is 646. The lowest BCUT2D eigenvalue weighted by atomic mass is 9.73. The second kappa shape index (κ2) is 7.18. The van der Waals surface area contributed by atoms with Crippen molar-refractivity contribution < 1.29 is 19.4 Å². The number of allylic oxidation sites excluding steroid dienone is 1. The van der Waals surface area contributed by atoms with Crippen LogP contribution in [0.4, 0.5) is 0 Å². The van der Waals surface area contributed by atoms with E-state index in [4.69, 9.17) is 14.6 Å². The Hall–Kier alpha value is -1.85. The summed E-state index contributed by atoms with van der Waals surface area (Å²) in [6, 6.07) is 7.70. The van der Waals surface area contributed by atoms with Crippen LogP contribution < -0.4 is 0 Å². The minimum Gasteiger partial charge on any atom is -0.459 e. The van der Waals surface area contributed by atoms with E-state index in [1.165, 1.54) is 19.3 Å². The monoisotopic (exact) mass is 343 g/mol. The van der Waals surface area contributed by atoms with Crippen LogP contribution in [0, 0.1) is 11.8 Å².